The van der Waals surface area contributed by atoms with Gasteiger partial charge in [-0.25, -0.2) is 4.98 Å². The molecule has 0 fully saturated rings. The first-order valence-electron chi connectivity index (χ1n) is 4.90. The molecule has 0 radical (unpaired) electrons. The van der Waals surface area contributed by atoms with Crippen molar-refractivity contribution in [3.8, 4) is 0 Å². The predicted molar refractivity (Wildman–Crippen MR) is 66.1 cm³/mol. The highest BCUT2D eigenvalue weighted by Gasteiger charge is 2.03. The van der Waals surface area contributed by atoms with Crippen LogP contribution in [0.1, 0.15) is 19.8 Å². The lowest BCUT2D eigenvalue weighted by atomic mass is 10.1. The quantitative estimate of drug-likeness (QED) is 0.586. The number of alkyl halides is 1. The molecule has 4 heteroatoms. The third-order valence-electron chi connectivity index (χ3n) is 2.22. The Morgan fingerprint density at radius 1 is 1.57 bits per heavy atom. The Morgan fingerprint density at radius 2 is 2.36 bits per heavy atom. The first-order chi connectivity index (χ1) is 6.74. The molecule has 0 saturated carbocycles. The normalized spacial score (nSPS) is 13.1. The van der Waals surface area contributed by atoms with Gasteiger partial charge in [-0.15, -0.1) is 0 Å². The van der Waals surface area contributed by atoms with E-state index in [-0.39, 0.29) is 0 Å². The number of hydrogen-bond donors (Lipinski definition) is 0. The van der Waals surface area contributed by atoms with Gasteiger partial charge in [-0.2, -0.15) is 0 Å². The molecule has 0 amide bonds. The number of imidazole rings is 1. The number of aromatic nitrogens is 2. The first kappa shape index (κ1) is 12.1. The van der Waals surface area contributed by atoms with Gasteiger partial charge in [0.25, 0.3) is 0 Å². The molecule has 0 saturated heterocycles. The molecule has 14 heavy (non-hydrogen) atoms. The minimum Gasteiger partial charge on any atom is -0.329 e. The molecule has 0 aliphatic rings. The summed E-state index contributed by atoms with van der Waals surface area (Å²) in [5.41, 5.74) is 0. The van der Waals surface area contributed by atoms with E-state index in [0.29, 0.717) is 0 Å². The lowest BCUT2D eigenvalue weighted by Gasteiger charge is -2.08. The Hall–Kier alpha value is 0.0400. The van der Waals surface area contributed by atoms with E-state index in [1.165, 1.54) is 18.6 Å². The average molecular weight is 277 g/mol. The van der Waals surface area contributed by atoms with E-state index in [0.717, 1.165) is 16.4 Å². The van der Waals surface area contributed by atoms with Crippen molar-refractivity contribution in [2.24, 2.45) is 13.0 Å². The minimum atomic E-state index is 0.808. The van der Waals surface area contributed by atoms with Gasteiger partial charge in [0.2, 0.25) is 0 Å². The molecule has 1 atom stereocenters. The molecule has 1 heterocycles. The van der Waals surface area contributed by atoms with Crippen molar-refractivity contribution in [3.63, 3.8) is 0 Å². The van der Waals surface area contributed by atoms with Crippen molar-refractivity contribution in [2.75, 3.05) is 11.1 Å². The van der Waals surface area contributed by atoms with Gasteiger partial charge in [0.15, 0.2) is 5.16 Å². The van der Waals surface area contributed by atoms with Gasteiger partial charge in [0.1, 0.15) is 0 Å². The van der Waals surface area contributed by atoms with Gasteiger partial charge in [-0.3, -0.25) is 0 Å². The summed E-state index contributed by atoms with van der Waals surface area (Å²) in [6.07, 6.45) is 6.37. The summed E-state index contributed by atoms with van der Waals surface area (Å²) in [6, 6.07) is 0. The molecule has 1 aromatic rings. The molecule has 1 unspecified atom stereocenters. The Kier molecular flexibility index (Phi) is 5.63. The molecule has 1 rings (SSSR count). The van der Waals surface area contributed by atoms with Crippen LogP contribution in [0.4, 0.5) is 0 Å². The van der Waals surface area contributed by atoms with E-state index in [4.69, 9.17) is 0 Å². The highest BCUT2D eigenvalue weighted by Crippen LogP contribution is 2.19. The first-order valence-corrected chi connectivity index (χ1v) is 7.01. The van der Waals surface area contributed by atoms with E-state index >= 15 is 0 Å². The van der Waals surface area contributed by atoms with Crippen molar-refractivity contribution in [3.05, 3.63) is 12.4 Å². The molecule has 2 nitrogen and oxygen atoms in total. The van der Waals surface area contributed by atoms with Gasteiger partial charge in [0.05, 0.1) is 0 Å². The smallest absolute Gasteiger partial charge is 0.167 e. The summed E-state index contributed by atoms with van der Waals surface area (Å²) in [6.45, 7) is 2.31. The van der Waals surface area contributed by atoms with E-state index < -0.39 is 0 Å². The Bertz CT molecular complexity index is 262. The third kappa shape index (κ3) is 4.05. The fraction of sp³-hybridized carbons (Fsp3) is 0.700. The van der Waals surface area contributed by atoms with Gasteiger partial charge >= 0.3 is 0 Å². The van der Waals surface area contributed by atoms with Crippen LogP contribution in [-0.2, 0) is 7.05 Å². The van der Waals surface area contributed by atoms with Crippen LogP contribution in [0.15, 0.2) is 17.6 Å². The predicted octanol–water partition coefficient (Wildman–Crippen LogP) is 3.32. The van der Waals surface area contributed by atoms with Crippen LogP contribution < -0.4 is 0 Å². The van der Waals surface area contributed by atoms with E-state index in [1.54, 1.807) is 0 Å². The fourth-order valence-electron chi connectivity index (χ4n) is 1.17. The molecule has 0 aliphatic heterocycles. The lowest BCUT2D eigenvalue weighted by molar-refractivity contribution is 0.554. The van der Waals surface area contributed by atoms with E-state index in [1.807, 2.05) is 31.2 Å². The van der Waals surface area contributed by atoms with Crippen LogP contribution >= 0.6 is 27.7 Å². The van der Waals surface area contributed by atoms with Crippen LogP contribution in [0.25, 0.3) is 0 Å². The van der Waals surface area contributed by atoms with Crippen molar-refractivity contribution < 1.29 is 0 Å². The standard InChI is InChI=1S/C10H17BrN2S/c1-9(3-5-11)4-8-14-10-12-6-7-13(10)2/h6-7,9H,3-5,8H2,1-2H3. The van der Waals surface area contributed by atoms with E-state index in [9.17, 15) is 0 Å². The third-order valence-corrected chi connectivity index (χ3v) is 3.77. The number of nitrogens with zero attached hydrogens (tertiary/aromatic N) is 2. The van der Waals surface area contributed by atoms with Gasteiger partial charge in [-0.05, 0) is 18.8 Å². The van der Waals surface area contributed by atoms with Gasteiger partial charge in [0, 0.05) is 30.5 Å². The highest BCUT2D eigenvalue weighted by atomic mass is 79.9. The van der Waals surface area contributed by atoms with Crippen LogP contribution in [0.2, 0.25) is 0 Å². The fourth-order valence-corrected chi connectivity index (χ4v) is 3.06. The lowest BCUT2D eigenvalue weighted by Crippen LogP contribution is -1.98. The second kappa shape index (κ2) is 6.51. The minimum absolute atomic E-state index is 0.808. The number of hydrogen-bond acceptors (Lipinski definition) is 2. The summed E-state index contributed by atoms with van der Waals surface area (Å²) in [5, 5.41) is 2.23. The van der Waals surface area contributed by atoms with Gasteiger partial charge in [-0.1, -0.05) is 34.6 Å². The molecule has 0 aromatic carbocycles. The van der Waals surface area contributed by atoms with Gasteiger partial charge < -0.3 is 4.57 Å². The van der Waals surface area contributed by atoms with Crippen LogP contribution in [-0.4, -0.2) is 20.6 Å². The summed E-state index contributed by atoms with van der Waals surface area (Å²) in [7, 11) is 2.04. The number of halogens is 1. The molecule has 0 spiro atoms. The maximum atomic E-state index is 4.28. The monoisotopic (exact) mass is 276 g/mol. The second-order valence-electron chi connectivity index (χ2n) is 3.54. The maximum absolute atomic E-state index is 4.28. The molecular weight excluding hydrogens is 260 g/mol. The van der Waals surface area contributed by atoms with Crippen molar-refractivity contribution in [1.82, 2.24) is 9.55 Å². The molecule has 1 aromatic heterocycles. The summed E-state index contributed by atoms with van der Waals surface area (Å²) in [4.78, 5) is 4.28. The zero-order chi connectivity index (χ0) is 10.4. The Labute approximate surface area is 98.6 Å². The molecule has 0 aliphatic carbocycles. The van der Waals surface area contributed by atoms with E-state index in [2.05, 4.69) is 32.4 Å². The maximum Gasteiger partial charge on any atom is 0.167 e. The number of thioether (sulfide) groups is 1. The summed E-state index contributed by atoms with van der Waals surface area (Å²) < 4.78 is 2.07. The van der Waals surface area contributed by atoms with Crippen molar-refractivity contribution in [2.45, 2.75) is 24.9 Å². The zero-order valence-corrected chi connectivity index (χ0v) is 11.1. The summed E-state index contributed by atoms with van der Waals surface area (Å²) in [5.74, 6) is 1.97. The SMILES string of the molecule is CC(CCBr)CCSc1nccn1C. The summed E-state index contributed by atoms with van der Waals surface area (Å²) >= 11 is 5.31. The number of rotatable bonds is 6. The van der Waals surface area contributed by atoms with Crippen LogP contribution in [0.3, 0.4) is 0 Å². The molecule has 80 valence electrons. The average Bonchev–Trinajstić information content (AvgIpc) is 2.52. The Balaban J connectivity index is 2.19. The molecule has 0 N–H and O–H groups in total. The van der Waals surface area contributed by atoms with Crippen LogP contribution in [0, 0.1) is 5.92 Å². The van der Waals surface area contributed by atoms with Crippen molar-refractivity contribution in [1.29, 1.82) is 0 Å². The highest BCUT2D eigenvalue weighted by molar-refractivity contribution is 9.09. The molecular formula is C10H17BrN2S. The largest absolute Gasteiger partial charge is 0.329 e. The second-order valence-corrected chi connectivity index (χ2v) is 5.40. The van der Waals surface area contributed by atoms with Crippen molar-refractivity contribution >= 4 is 27.7 Å². The van der Waals surface area contributed by atoms with Crippen LogP contribution in [0.5, 0.6) is 0 Å². The zero-order valence-electron chi connectivity index (χ0n) is 8.74. The topological polar surface area (TPSA) is 17.8 Å². The molecule has 0 bridgehead atoms. The Morgan fingerprint density at radius 3 is 2.93 bits per heavy atom. The number of aryl methyl sites for hydroxylation is 1.